The van der Waals surface area contributed by atoms with Crippen LogP contribution in [0.1, 0.15) is 26.7 Å². The van der Waals surface area contributed by atoms with Crippen molar-refractivity contribution < 1.29 is 9.59 Å². The molecule has 2 amide bonds. The molecule has 0 aromatic rings. The third-order valence-corrected chi connectivity index (χ3v) is 2.40. The van der Waals surface area contributed by atoms with Crippen molar-refractivity contribution in [2.75, 3.05) is 6.54 Å². The molecule has 5 heteroatoms. The van der Waals surface area contributed by atoms with Gasteiger partial charge in [0.05, 0.1) is 12.6 Å². The summed E-state index contributed by atoms with van der Waals surface area (Å²) >= 11 is 0. The van der Waals surface area contributed by atoms with Gasteiger partial charge in [0.2, 0.25) is 11.8 Å². The summed E-state index contributed by atoms with van der Waals surface area (Å²) in [6.45, 7) is 3.94. The van der Waals surface area contributed by atoms with Gasteiger partial charge in [0.25, 0.3) is 0 Å². The summed E-state index contributed by atoms with van der Waals surface area (Å²) in [6, 6.07) is -0.0830. The van der Waals surface area contributed by atoms with Crippen molar-refractivity contribution in [2.45, 2.75) is 38.8 Å². The Morgan fingerprint density at radius 3 is 2.40 bits per heavy atom. The number of hydrogen-bond acceptors (Lipinski definition) is 3. The molecule has 15 heavy (non-hydrogen) atoms. The maximum atomic E-state index is 11.3. The van der Waals surface area contributed by atoms with Gasteiger partial charge in [0.15, 0.2) is 0 Å². The molecule has 0 spiro atoms. The Kier molecular flexibility index (Phi) is 4.08. The number of rotatable bonds is 6. The summed E-state index contributed by atoms with van der Waals surface area (Å²) in [7, 11) is 0. The van der Waals surface area contributed by atoms with E-state index in [-0.39, 0.29) is 18.4 Å². The smallest absolute Gasteiger partial charge is 0.234 e. The standard InChI is InChI=1S/C10H19N3O2/c1-6(2)9(10(11)15)12-5-8(14)13-7-3-4-7/h6-7,9,12H,3-5H2,1-2H3,(H2,11,15)(H,13,14). The molecule has 1 atom stereocenters. The third-order valence-electron chi connectivity index (χ3n) is 2.40. The molecule has 0 radical (unpaired) electrons. The summed E-state index contributed by atoms with van der Waals surface area (Å²) in [5.41, 5.74) is 5.20. The van der Waals surface area contributed by atoms with Crippen LogP contribution in [-0.4, -0.2) is 30.4 Å². The zero-order chi connectivity index (χ0) is 11.4. The Balaban J connectivity index is 2.25. The van der Waals surface area contributed by atoms with E-state index >= 15 is 0 Å². The molecule has 0 heterocycles. The monoisotopic (exact) mass is 213 g/mol. The average molecular weight is 213 g/mol. The maximum Gasteiger partial charge on any atom is 0.234 e. The highest BCUT2D eigenvalue weighted by Crippen LogP contribution is 2.18. The van der Waals surface area contributed by atoms with Gasteiger partial charge in [0.1, 0.15) is 0 Å². The van der Waals surface area contributed by atoms with E-state index in [1.54, 1.807) is 0 Å². The summed E-state index contributed by atoms with van der Waals surface area (Å²) in [5.74, 6) is -0.384. The van der Waals surface area contributed by atoms with E-state index in [2.05, 4.69) is 10.6 Å². The minimum Gasteiger partial charge on any atom is -0.368 e. The molecule has 0 aliphatic heterocycles. The van der Waals surface area contributed by atoms with Gasteiger partial charge in [-0.05, 0) is 18.8 Å². The lowest BCUT2D eigenvalue weighted by Crippen LogP contribution is -2.48. The average Bonchev–Trinajstić information content (AvgIpc) is 2.86. The first kappa shape index (κ1) is 12.0. The van der Waals surface area contributed by atoms with Gasteiger partial charge in [-0.25, -0.2) is 0 Å². The van der Waals surface area contributed by atoms with Gasteiger partial charge >= 0.3 is 0 Å². The fourth-order valence-corrected chi connectivity index (χ4v) is 1.37. The van der Waals surface area contributed by atoms with Gasteiger partial charge < -0.3 is 11.1 Å². The van der Waals surface area contributed by atoms with Crippen molar-refractivity contribution in [3.8, 4) is 0 Å². The molecular formula is C10H19N3O2. The molecule has 5 nitrogen and oxygen atoms in total. The van der Waals surface area contributed by atoms with Crippen molar-refractivity contribution in [3.63, 3.8) is 0 Å². The van der Waals surface area contributed by atoms with Gasteiger partial charge in [-0.15, -0.1) is 0 Å². The summed E-state index contributed by atoms with van der Waals surface area (Å²) in [4.78, 5) is 22.3. The Bertz CT molecular complexity index is 249. The Morgan fingerprint density at radius 1 is 1.40 bits per heavy atom. The molecule has 0 aromatic carbocycles. The molecule has 1 saturated carbocycles. The minimum atomic E-state index is -0.435. The third kappa shape index (κ3) is 4.29. The predicted molar refractivity (Wildman–Crippen MR) is 57.0 cm³/mol. The van der Waals surface area contributed by atoms with Crippen molar-refractivity contribution >= 4 is 11.8 Å². The fourth-order valence-electron chi connectivity index (χ4n) is 1.37. The molecule has 86 valence electrons. The predicted octanol–water partition coefficient (Wildman–Crippen LogP) is -0.635. The molecular weight excluding hydrogens is 194 g/mol. The van der Waals surface area contributed by atoms with Crippen LogP contribution in [0.15, 0.2) is 0 Å². The van der Waals surface area contributed by atoms with E-state index in [1.807, 2.05) is 13.8 Å². The van der Waals surface area contributed by atoms with Crippen LogP contribution in [0.5, 0.6) is 0 Å². The van der Waals surface area contributed by atoms with E-state index in [4.69, 9.17) is 5.73 Å². The van der Waals surface area contributed by atoms with E-state index in [9.17, 15) is 9.59 Å². The number of primary amides is 1. The van der Waals surface area contributed by atoms with Crippen molar-refractivity contribution in [1.29, 1.82) is 0 Å². The van der Waals surface area contributed by atoms with Crippen molar-refractivity contribution in [2.24, 2.45) is 11.7 Å². The van der Waals surface area contributed by atoms with Crippen LogP contribution >= 0.6 is 0 Å². The molecule has 1 rings (SSSR count). The number of nitrogens with one attached hydrogen (secondary N) is 2. The lowest BCUT2D eigenvalue weighted by Gasteiger charge is -2.18. The van der Waals surface area contributed by atoms with Crippen LogP contribution in [0.4, 0.5) is 0 Å². The second-order valence-corrected chi connectivity index (χ2v) is 4.35. The first-order valence-corrected chi connectivity index (χ1v) is 5.32. The van der Waals surface area contributed by atoms with Gasteiger partial charge in [-0.3, -0.25) is 14.9 Å². The Labute approximate surface area is 89.8 Å². The molecule has 0 aromatic heterocycles. The maximum absolute atomic E-state index is 11.3. The molecule has 1 fully saturated rings. The summed E-state index contributed by atoms with van der Waals surface area (Å²) in [5, 5.41) is 5.70. The van der Waals surface area contributed by atoms with Crippen LogP contribution in [-0.2, 0) is 9.59 Å². The normalized spacial score (nSPS) is 17.5. The highest BCUT2D eigenvalue weighted by Gasteiger charge is 2.24. The molecule has 0 saturated heterocycles. The van der Waals surface area contributed by atoms with Crippen molar-refractivity contribution in [3.05, 3.63) is 0 Å². The van der Waals surface area contributed by atoms with Crippen LogP contribution in [0.2, 0.25) is 0 Å². The quantitative estimate of drug-likeness (QED) is 0.549. The molecule has 4 N–H and O–H groups in total. The van der Waals surface area contributed by atoms with Gasteiger partial charge in [-0.1, -0.05) is 13.8 Å². The zero-order valence-electron chi connectivity index (χ0n) is 9.25. The van der Waals surface area contributed by atoms with Gasteiger partial charge in [0, 0.05) is 6.04 Å². The second kappa shape index (κ2) is 5.11. The number of hydrogen-bond donors (Lipinski definition) is 3. The highest BCUT2D eigenvalue weighted by molar-refractivity contribution is 5.82. The number of amides is 2. The van der Waals surface area contributed by atoms with E-state index in [0.717, 1.165) is 12.8 Å². The van der Waals surface area contributed by atoms with E-state index in [0.29, 0.717) is 6.04 Å². The number of carbonyl (C=O) groups is 2. The highest BCUT2D eigenvalue weighted by atomic mass is 16.2. The molecule has 1 aliphatic rings. The zero-order valence-corrected chi connectivity index (χ0v) is 9.25. The Hall–Kier alpha value is -1.10. The van der Waals surface area contributed by atoms with Crippen LogP contribution in [0, 0.1) is 5.92 Å². The second-order valence-electron chi connectivity index (χ2n) is 4.35. The SMILES string of the molecule is CC(C)C(NCC(=O)NC1CC1)C(N)=O. The first-order valence-electron chi connectivity index (χ1n) is 5.32. The molecule has 1 aliphatic carbocycles. The van der Waals surface area contributed by atoms with E-state index in [1.165, 1.54) is 0 Å². The summed E-state index contributed by atoms with van der Waals surface area (Å²) in [6.07, 6.45) is 2.13. The molecule has 0 bridgehead atoms. The minimum absolute atomic E-state index is 0.0654. The molecule has 1 unspecified atom stereocenters. The largest absolute Gasteiger partial charge is 0.368 e. The first-order chi connectivity index (χ1) is 7.00. The topological polar surface area (TPSA) is 84.2 Å². The summed E-state index contributed by atoms with van der Waals surface area (Å²) < 4.78 is 0. The van der Waals surface area contributed by atoms with Gasteiger partial charge in [-0.2, -0.15) is 0 Å². The van der Waals surface area contributed by atoms with Crippen LogP contribution in [0.25, 0.3) is 0 Å². The number of nitrogens with two attached hydrogens (primary N) is 1. The van der Waals surface area contributed by atoms with Crippen LogP contribution < -0.4 is 16.4 Å². The fraction of sp³-hybridized carbons (Fsp3) is 0.800. The van der Waals surface area contributed by atoms with Crippen molar-refractivity contribution in [1.82, 2.24) is 10.6 Å². The Morgan fingerprint density at radius 2 is 2.00 bits per heavy atom. The number of carbonyl (C=O) groups excluding carboxylic acids is 2. The van der Waals surface area contributed by atoms with Crippen LogP contribution in [0.3, 0.4) is 0 Å². The van der Waals surface area contributed by atoms with E-state index < -0.39 is 11.9 Å². The lowest BCUT2D eigenvalue weighted by molar-refractivity contribution is -0.122. The lowest BCUT2D eigenvalue weighted by atomic mass is 10.0.